The molecule has 0 aliphatic rings. The third kappa shape index (κ3) is 4.68. The number of rotatable bonds is 7. The number of aliphatic hydroxyl groups excluding tert-OH is 1. The molecule has 1 atom stereocenters. The van der Waals surface area contributed by atoms with Crippen molar-refractivity contribution in [3.05, 3.63) is 47.7 Å². The van der Waals surface area contributed by atoms with Crippen molar-refractivity contribution in [3.63, 3.8) is 0 Å². The predicted molar refractivity (Wildman–Crippen MR) is 75.6 cm³/mol. The van der Waals surface area contributed by atoms with Crippen LogP contribution in [-0.2, 0) is 6.54 Å². The molecule has 20 heavy (non-hydrogen) atoms. The second-order valence-electron chi connectivity index (χ2n) is 4.77. The molecule has 2 aromatic rings. The summed E-state index contributed by atoms with van der Waals surface area (Å²) >= 11 is 0. The molecule has 0 bridgehead atoms. The Morgan fingerprint density at radius 2 is 2.05 bits per heavy atom. The molecule has 0 radical (unpaired) electrons. The van der Waals surface area contributed by atoms with Crippen molar-refractivity contribution >= 4 is 0 Å². The summed E-state index contributed by atoms with van der Waals surface area (Å²) in [5.41, 5.74) is 1.18. The maximum absolute atomic E-state index is 9.81. The van der Waals surface area contributed by atoms with E-state index in [4.69, 9.17) is 9.15 Å². The summed E-state index contributed by atoms with van der Waals surface area (Å²) in [5, 5.41) is 12.9. The highest BCUT2D eigenvalue weighted by Gasteiger charge is 2.06. The molecule has 108 valence electrons. The average molecular weight is 276 g/mol. The van der Waals surface area contributed by atoms with E-state index in [0.29, 0.717) is 19.0 Å². The van der Waals surface area contributed by atoms with Gasteiger partial charge in [0.2, 0.25) is 5.89 Å². The lowest BCUT2D eigenvalue weighted by molar-refractivity contribution is 0.105. The number of aryl methyl sites for hydroxylation is 2. The van der Waals surface area contributed by atoms with E-state index in [-0.39, 0.29) is 6.61 Å². The lowest BCUT2D eigenvalue weighted by Gasteiger charge is -2.12. The zero-order valence-electron chi connectivity index (χ0n) is 11.8. The fraction of sp³-hybridized carbons (Fsp3) is 0.400. The molecular weight excluding hydrogens is 256 g/mol. The number of benzene rings is 1. The molecule has 0 aliphatic carbocycles. The van der Waals surface area contributed by atoms with Crippen LogP contribution in [0.3, 0.4) is 0 Å². The number of aliphatic hydroxyl groups is 1. The number of aromatic nitrogens is 1. The highest BCUT2D eigenvalue weighted by Crippen LogP contribution is 2.11. The van der Waals surface area contributed by atoms with Gasteiger partial charge in [-0.3, -0.25) is 0 Å². The molecule has 2 rings (SSSR count). The molecule has 1 heterocycles. The fourth-order valence-electron chi connectivity index (χ4n) is 1.71. The van der Waals surface area contributed by atoms with Gasteiger partial charge in [-0.25, -0.2) is 4.98 Å². The van der Waals surface area contributed by atoms with Gasteiger partial charge in [0.25, 0.3) is 0 Å². The van der Waals surface area contributed by atoms with Crippen LogP contribution in [0.4, 0.5) is 0 Å². The van der Waals surface area contributed by atoms with Gasteiger partial charge in [-0.15, -0.1) is 0 Å². The third-order valence-electron chi connectivity index (χ3n) is 2.79. The lowest BCUT2D eigenvalue weighted by atomic mass is 10.2. The Hall–Kier alpha value is -1.85. The highest BCUT2D eigenvalue weighted by molar-refractivity contribution is 5.26. The summed E-state index contributed by atoms with van der Waals surface area (Å²) in [6.45, 7) is 5.04. The van der Waals surface area contributed by atoms with Crippen LogP contribution in [0.25, 0.3) is 0 Å². The topological polar surface area (TPSA) is 67.5 Å². The summed E-state index contributed by atoms with van der Waals surface area (Å²) < 4.78 is 10.8. The average Bonchev–Trinajstić information content (AvgIpc) is 2.84. The van der Waals surface area contributed by atoms with Crippen molar-refractivity contribution in [2.75, 3.05) is 13.2 Å². The van der Waals surface area contributed by atoms with Gasteiger partial charge in [0.15, 0.2) is 0 Å². The first-order valence-electron chi connectivity index (χ1n) is 6.63. The second-order valence-corrected chi connectivity index (χ2v) is 4.77. The summed E-state index contributed by atoms with van der Waals surface area (Å²) in [7, 11) is 0. The van der Waals surface area contributed by atoms with Crippen molar-refractivity contribution in [1.29, 1.82) is 0 Å². The number of hydrogen-bond acceptors (Lipinski definition) is 5. The van der Waals surface area contributed by atoms with E-state index in [2.05, 4.69) is 10.3 Å². The van der Waals surface area contributed by atoms with Crippen LogP contribution in [0.15, 0.2) is 34.9 Å². The molecule has 0 spiro atoms. The molecule has 0 aliphatic heterocycles. The minimum absolute atomic E-state index is 0.251. The van der Waals surface area contributed by atoms with Crippen LogP contribution >= 0.6 is 0 Å². The molecule has 0 fully saturated rings. The number of oxazole rings is 1. The van der Waals surface area contributed by atoms with E-state index in [9.17, 15) is 5.11 Å². The first-order chi connectivity index (χ1) is 9.63. The van der Waals surface area contributed by atoms with Gasteiger partial charge in [0, 0.05) is 6.54 Å². The molecular formula is C15H20N2O3. The third-order valence-corrected chi connectivity index (χ3v) is 2.79. The zero-order chi connectivity index (χ0) is 14.4. The van der Waals surface area contributed by atoms with E-state index < -0.39 is 6.10 Å². The smallest absolute Gasteiger partial charge is 0.208 e. The van der Waals surface area contributed by atoms with Crippen LogP contribution < -0.4 is 10.1 Å². The number of nitrogens with zero attached hydrogens (tertiary/aromatic N) is 1. The Labute approximate surface area is 118 Å². The summed E-state index contributed by atoms with van der Waals surface area (Å²) in [4.78, 5) is 4.07. The molecule has 0 saturated carbocycles. The molecule has 5 heteroatoms. The predicted octanol–water partition coefficient (Wildman–Crippen LogP) is 1.82. The van der Waals surface area contributed by atoms with Gasteiger partial charge in [-0.05, 0) is 26.0 Å². The molecule has 1 unspecified atom stereocenters. The van der Waals surface area contributed by atoms with E-state index in [1.54, 1.807) is 6.20 Å². The van der Waals surface area contributed by atoms with E-state index >= 15 is 0 Å². The van der Waals surface area contributed by atoms with Crippen molar-refractivity contribution in [2.45, 2.75) is 26.5 Å². The summed E-state index contributed by atoms with van der Waals surface area (Å²) in [6.07, 6.45) is 1.10. The Kier molecular flexibility index (Phi) is 5.15. The van der Waals surface area contributed by atoms with Crippen LogP contribution in [0, 0.1) is 13.8 Å². The van der Waals surface area contributed by atoms with Crippen LogP contribution in [0.2, 0.25) is 0 Å². The van der Waals surface area contributed by atoms with Crippen molar-refractivity contribution in [2.24, 2.45) is 0 Å². The normalized spacial score (nSPS) is 12.3. The second kappa shape index (κ2) is 7.07. The summed E-state index contributed by atoms with van der Waals surface area (Å²) in [6, 6.07) is 7.74. The standard InChI is InChI=1S/C15H20N2O3/c1-11-3-5-14(6-4-11)19-10-13(18)8-16-9-15-17-7-12(2)20-15/h3-7,13,16,18H,8-10H2,1-2H3. The largest absolute Gasteiger partial charge is 0.491 e. The first kappa shape index (κ1) is 14.6. The molecule has 2 N–H and O–H groups in total. The van der Waals surface area contributed by atoms with E-state index in [1.165, 1.54) is 5.56 Å². The SMILES string of the molecule is Cc1ccc(OCC(O)CNCc2ncc(C)o2)cc1. The van der Waals surface area contributed by atoms with Gasteiger partial charge in [-0.1, -0.05) is 17.7 Å². The molecule has 1 aromatic carbocycles. The van der Waals surface area contributed by atoms with E-state index in [0.717, 1.165) is 11.5 Å². The monoisotopic (exact) mass is 276 g/mol. The molecule has 5 nitrogen and oxygen atoms in total. The minimum atomic E-state index is -0.577. The number of ether oxygens (including phenoxy) is 1. The van der Waals surface area contributed by atoms with Crippen LogP contribution in [-0.4, -0.2) is 29.3 Å². The van der Waals surface area contributed by atoms with Crippen molar-refractivity contribution < 1.29 is 14.3 Å². The van der Waals surface area contributed by atoms with Crippen molar-refractivity contribution in [3.8, 4) is 5.75 Å². The summed E-state index contributed by atoms with van der Waals surface area (Å²) in [5.74, 6) is 2.16. The van der Waals surface area contributed by atoms with Gasteiger partial charge in [0.05, 0.1) is 12.7 Å². The lowest BCUT2D eigenvalue weighted by Crippen LogP contribution is -2.31. The van der Waals surface area contributed by atoms with Gasteiger partial charge < -0.3 is 19.6 Å². The van der Waals surface area contributed by atoms with E-state index in [1.807, 2.05) is 38.1 Å². The van der Waals surface area contributed by atoms with Crippen LogP contribution in [0.1, 0.15) is 17.2 Å². The Morgan fingerprint density at radius 1 is 1.30 bits per heavy atom. The molecule has 0 saturated heterocycles. The van der Waals surface area contributed by atoms with Gasteiger partial charge >= 0.3 is 0 Å². The Morgan fingerprint density at radius 3 is 2.70 bits per heavy atom. The first-order valence-corrected chi connectivity index (χ1v) is 6.63. The van der Waals surface area contributed by atoms with Crippen LogP contribution in [0.5, 0.6) is 5.75 Å². The Bertz CT molecular complexity index is 522. The molecule has 0 amide bonds. The highest BCUT2D eigenvalue weighted by atomic mass is 16.5. The fourth-order valence-corrected chi connectivity index (χ4v) is 1.71. The van der Waals surface area contributed by atoms with Gasteiger partial charge in [0.1, 0.15) is 24.2 Å². The maximum atomic E-state index is 9.81. The number of hydrogen-bond donors (Lipinski definition) is 2. The minimum Gasteiger partial charge on any atom is -0.491 e. The van der Waals surface area contributed by atoms with Gasteiger partial charge in [-0.2, -0.15) is 0 Å². The van der Waals surface area contributed by atoms with Crippen molar-refractivity contribution in [1.82, 2.24) is 10.3 Å². The Balaban J connectivity index is 1.65. The number of nitrogens with one attached hydrogen (secondary N) is 1. The quantitative estimate of drug-likeness (QED) is 0.807. The molecule has 1 aromatic heterocycles. The maximum Gasteiger partial charge on any atom is 0.208 e. The zero-order valence-corrected chi connectivity index (χ0v) is 11.8.